The molecular formula is C14H23N5O6S. The zero-order chi connectivity index (χ0) is 19.1. The number of urea groups is 1. The molecule has 0 saturated carbocycles. The number of amides is 3. The first-order chi connectivity index (χ1) is 12.2. The summed E-state index contributed by atoms with van der Waals surface area (Å²) in [6.07, 6.45) is 2.64. The number of hydrogen-bond acceptors (Lipinski definition) is 6. The van der Waals surface area contributed by atoms with Crippen LogP contribution < -0.4 is 5.73 Å². The van der Waals surface area contributed by atoms with Crippen LogP contribution >= 0.6 is 0 Å². The SMILES string of the molecule is CC(=O)N1CCC[C@@H](N=C(N)[C@@H]2CC[C@@H]3CN2C(=O)N3OS(=O)(=O)O)C1. The minimum Gasteiger partial charge on any atom is -0.386 e. The molecular weight excluding hydrogens is 366 g/mol. The maximum Gasteiger partial charge on any atom is 0.418 e. The molecule has 2 bridgehead atoms. The highest BCUT2D eigenvalue weighted by molar-refractivity contribution is 7.80. The molecule has 3 rings (SSSR count). The van der Waals surface area contributed by atoms with Crippen molar-refractivity contribution in [1.29, 1.82) is 0 Å². The molecule has 26 heavy (non-hydrogen) atoms. The van der Waals surface area contributed by atoms with Crippen molar-refractivity contribution < 1.29 is 26.8 Å². The summed E-state index contributed by atoms with van der Waals surface area (Å²) >= 11 is 0. The number of rotatable bonds is 4. The Kier molecular flexibility index (Phi) is 5.08. The summed E-state index contributed by atoms with van der Waals surface area (Å²) in [4.78, 5) is 31.6. The second kappa shape index (κ2) is 7.00. The van der Waals surface area contributed by atoms with Gasteiger partial charge in [0.25, 0.3) is 0 Å². The van der Waals surface area contributed by atoms with Crippen LogP contribution in [0.1, 0.15) is 32.6 Å². The van der Waals surface area contributed by atoms with Gasteiger partial charge in [-0.25, -0.2) is 4.79 Å². The minimum atomic E-state index is -4.77. The Morgan fingerprint density at radius 2 is 2.04 bits per heavy atom. The number of hydroxylamine groups is 2. The highest BCUT2D eigenvalue weighted by Gasteiger charge is 2.48. The van der Waals surface area contributed by atoms with E-state index in [2.05, 4.69) is 9.28 Å². The second-order valence-corrected chi connectivity index (χ2v) is 7.83. The van der Waals surface area contributed by atoms with Crippen molar-refractivity contribution in [3.63, 3.8) is 0 Å². The van der Waals surface area contributed by atoms with Crippen molar-refractivity contribution >= 4 is 28.2 Å². The molecule has 3 saturated heterocycles. The lowest BCUT2D eigenvalue weighted by atomic mass is 9.99. The molecule has 3 heterocycles. The summed E-state index contributed by atoms with van der Waals surface area (Å²) in [6, 6.07) is -1.70. The third-order valence-corrected chi connectivity index (χ3v) is 5.36. The average Bonchev–Trinajstić information content (AvgIpc) is 2.78. The van der Waals surface area contributed by atoms with Crippen LogP contribution in [0.15, 0.2) is 4.99 Å². The fourth-order valence-corrected chi connectivity index (χ4v) is 4.17. The molecule has 146 valence electrons. The fraction of sp³-hybridized carbons (Fsp3) is 0.786. The number of carbonyl (C=O) groups is 2. The summed E-state index contributed by atoms with van der Waals surface area (Å²) in [7, 11) is -4.77. The number of nitrogens with two attached hydrogens (primary N) is 1. The van der Waals surface area contributed by atoms with Gasteiger partial charge in [0, 0.05) is 26.6 Å². The van der Waals surface area contributed by atoms with Crippen LogP contribution in [0.3, 0.4) is 0 Å². The van der Waals surface area contributed by atoms with Crippen LogP contribution in [0.2, 0.25) is 0 Å². The van der Waals surface area contributed by atoms with Gasteiger partial charge in [-0.2, -0.15) is 13.5 Å². The van der Waals surface area contributed by atoms with Crippen LogP contribution in [0.4, 0.5) is 4.79 Å². The zero-order valence-corrected chi connectivity index (χ0v) is 15.3. The number of hydrogen-bond donors (Lipinski definition) is 2. The molecule has 0 aromatic heterocycles. The summed E-state index contributed by atoms with van der Waals surface area (Å²) in [5.74, 6) is 0.289. The Bertz CT molecular complexity index is 725. The van der Waals surface area contributed by atoms with E-state index in [1.807, 2.05) is 0 Å². The lowest BCUT2D eigenvalue weighted by Gasteiger charge is -2.33. The average molecular weight is 389 g/mol. The molecule has 12 heteroatoms. The molecule has 11 nitrogen and oxygen atoms in total. The smallest absolute Gasteiger partial charge is 0.386 e. The molecule has 3 aliphatic rings. The van der Waals surface area contributed by atoms with Gasteiger partial charge in [0.05, 0.1) is 18.1 Å². The Morgan fingerprint density at radius 1 is 1.31 bits per heavy atom. The highest BCUT2D eigenvalue weighted by Crippen LogP contribution is 2.31. The summed E-state index contributed by atoms with van der Waals surface area (Å²) in [5, 5.41) is 0.681. The summed E-state index contributed by atoms with van der Waals surface area (Å²) in [5.41, 5.74) is 6.15. The molecule has 0 aromatic rings. The van der Waals surface area contributed by atoms with Gasteiger partial charge in [-0.3, -0.25) is 14.3 Å². The molecule has 3 atom stereocenters. The van der Waals surface area contributed by atoms with Gasteiger partial charge in [-0.05, 0) is 25.7 Å². The topological polar surface area (TPSA) is 146 Å². The van der Waals surface area contributed by atoms with Crippen LogP contribution in [-0.2, 0) is 19.5 Å². The number of aliphatic imine (C=N–C) groups is 1. The monoisotopic (exact) mass is 389 g/mol. The van der Waals surface area contributed by atoms with Gasteiger partial charge in [-0.15, -0.1) is 4.28 Å². The molecule has 0 spiro atoms. The molecule has 3 amide bonds. The number of piperidine rings is 2. The summed E-state index contributed by atoms with van der Waals surface area (Å²) < 4.78 is 35.1. The van der Waals surface area contributed by atoms with Gasteiger partial charge >= 0.3 is 16.4 Å². The van der Waals surface area contributed by atoms with Crippen molar-refractivity contribution in [2.45, 2.75) is 50.7 Å². The number of fused-ring (bicyclic) bond motifs is 2. The maximum atomic E-state index is 12.4. The molecule has 0 radical (unpaired) electrons. The van der Waals surface area contributed by atoms with E-state index in [1.54, 1.807) is 4.90 Å². The van der Waals surface area contributed by atoms with Crippen molar-refractivity contribution in [2.75, 3.05) is 19.6 Å². The maximum absolute atomic E-state index is 12.4. The van der Waals surface area contributed by atoms with Gasteiger partial charge in [-0.1, -0.05) is 0 Å². The van der Waals surface area contributed by atoms with E-state index in [-0.39, 0.29) is 18.5 Å². The van der Waals surface area contributed by atoms with Crippen molar-refractivity contribution in [3.05, 3.63) is 0 Å². The predicted octanol–water partition coefficient (Wildman–Crippen LogP) is -0.642. The number of carbonyl (C=O) groups excluding carboxylic acids is 2. The Labute approximate surface area is 151 Å². The van der Waals surface area contributed by atoms with E-state index in [9.17, 15) is 18.0 Å². The van der Waals surface area contributed by atoms with Crippen LogP contribution in [0, 0.1) is 0 Å². The third-order valence-electron chi connectivity index (χ3n) is 5.01. The van der Waals surface area contributed by atoms with Crippen molar-refractivity contribution in [3.8, 4) is 0 Å². The Morgan fingerprint density at radius 3 is 2.69 bits per heavy atom. The Hall–Kier alpha value is -1.92. The number of likely N-dealkylation sites (tertiary alicyclic amines) is 1. The van der Waals surface area contributed by atoms with E-state index in [0.29, 0.717) is 36.8 Å². The minimum absolute atomic E-state index is 0.00305. The van der Waals surface area contributed by atoms with Gasteiger partial charge in [0.2, 0.25) is 5.91 Å². The van der Waals surface area contributed by atoms with Crippen molar-refractivity contribution in [1.82, 2.24) is 14.9 Å². The first-order valence-corrected chi connectivity index (χ1v) is 9.87. The standard InChI is InChI=1S/C14H23N5O6S/c1-9(20)17-6-2-3-10(7-17)16-13(15)12-5-4-11-8-18(12)14(21)19(11)25-26(22,23)24/h10-12H,2-8H2,1H3,(H2,15,16)(H,22,23,24)/t10-,11-,12+/m1/s1. The molecule has 3 fully saturated rings. The van der Waals surface area contributed by atoms with Crippen LogP contribution in [-0.4, -0.2) is 83.4 Å². The number of amidine groups is 1. The quantitative estimate of drug-likeness (QED) is 0.369. The largest absolute Gasteiger partial charge is 0.418 e. The highest BCUT2D eigenvalue weighted by atomic mass is 32.3. The predicted molar refractivity (Wildman–Crippen MR) is 90.3 cm³/mol. The number of nitrogens with zero attached hydrogens (tertiary/aromatic N) is 4. The molecule has 3 aliphatic heterocycles. The lowest BCUT2D eigenvalue weighted by molar-refractivity contribution is -0.129. The van der Waals surface area contributed by atoms with Gasteiger partial charge in [0.15, 0.2) is 0 Å². The van der Waals surface area contributed by atoms with Crippen molar-refractivity contribution in [2.24, 2.45) is 10.7 Å². The third kappa shape index (κ3) is 3.91. The first kappa shape index (κ1) is 18.9. The lowest BCUT2D eigenvalue weighted by Crippen LogP contribution is -2.49. The van der Waals surface area contributed by atoms with Crippen LogP contribution in [0.5, 0.6) is 0 Å². The summed E-state index contributed by atoms with van der Waals surface area (Å²) in [6.45, 7) is 2.97. The molecule has 0 aromatic carbocycles. The molecule has 0 aliphatic carbocycles. The zero-order valence-electron chi connectivity index (χ0n) is 14.4. The molecule has 0 unspecified atom stereocenters. The van der Waals surface area contributed by atoms with E-state index in [0.717, 1.165) is 12.8 Å². The fourth-order valence-electron chi connectivity index (χ4n) is 3.78. The van der Waals surface area contributed by atoms with E-state index in [1.165, 1.54) is 11.8 Å². The van der Waals surface area contributed by atoms with Crippen LogP contribution in [0.25, 0.3) is 0 Å². The first-order valence-electron chi connectivity index (χ1n) is 8.51. The van der Waals surface area contributed by atoms with Gasteiger partial charge < -0.3 is 15.5 Å². The molecule has 3 N–H and O–H groups in total. The normalized spacial score (nSPS) is 30.1. The van der Waals surface area contributed by atoms with E-state index >= 15 is 0 Å². The van der Waals surface area contributed by atoms with Gasteiger partial charge in [0.1, 0.15) is 5.84 Å². The second-order valence-electron chi connectivity index (χ2n) is 6.83. The Balaban J connectivity index is 1.70. The van der Waals surface area contributed by atoms with E-state index in [4.69, 9.17) is 10.3 Å². The van der Waals surface area contributed by atoms with E-state index < -0.39 is 28.5 Å².